The average Bonchev–Trinajstić information content (AvgIpc) is 2.32. The van der Waals surface area contributed by atoms with Crippen LogP contribution in [-0.2, 0) is 14.3 Å². The first-order chi connectivity index (χ1) is 8.43. The van der Waals surface area contributed by atoms with Crippen LogP contribution in [0.1, 0.15) is 27.2 Å². The van der Waals surface area contributed by atoms with Crippen LogP contribution in [0.5, 0.6) is 0 Å². The summed E-state index contributed by atoms with van der Waals surface area (Å²) in [6.45, 7) is 5.67. The summed E-state index contributed by atoms with van der Waals surface area (Å²) >= 11 is 0. The van der Waals surface area contributed by atoms with E-state index < -0.39 is 6.10 Å². The molecule has 1 N–H and O–H groups in total. The molecule has 0 saturated carbocycles. The number of hydrogen-bond acceptors (Lipinski definition) is 4. The van der Waals surface area contributed by atoms with Gasteiger partial charge >= 0.3 is 0 Å². The quantitative estimate of drug-likeness (QED) is 0.778. The van der Waals surface area contributed by atoms with Crippen molar-refractivity contribution in [2.75, 3.05) is 14.2 Å². The van der Waals surface area contributed by atoms with Gasteiger partial charge in [0.1, 0.15) is 6.10 Å². The van der Waals surface area contributed by atoms with E-state index >= 15 is 0 Å². The molecule has 0 aromatic carbocycles. The molecule has 0 saturated heterocycles. The topological polar surface area (TPSA) is 55.8 Å². The Morgan fingerprint density at radius 1 is 1.33 bits per heavy atom. The van der Waals surface area contributed by atoms with Gasteiger partial charge in [0, 0.05) is 5.57 Å². The molecule has 0 heterocycles. The molecule has 100 valence electrons. The largest absolute Gasteiger partial charge is 0.494 e. The van der Waals surface area contributed by atoms with Crippen LogP contribution in [0.2, 0.25) is 0 Å². The summed E-state index contributed by atoms with van der Waals surface area (Å²) in [7, 11) is 2.82. The summed E-state index contributed by atoms with van der Waals surface area (Å²) in [4.78, 5) is 12.2. The van der Waals surface area contributed by atoms with Crippen LogP contribution in [-0.4, -0.2) is 31.2 Å². The van der Waals surface area contributed by atoms with E-state index in [9.17, 15) is 9.90 Å². The van der Waals surface area contributed by atoms with Gasteiger partial charge in [-0.1, -0.05) is 11.6 Å². The highest BCUT2D eigenvalue weighted by Crippen LogP contribution is 2.30. The van der Waals surface area contributed by atoms with Gasteiger partial charge in [-0.25, -0.2) is 0 Å². The van der Waals surface area contributed by atoms with Gasteiger partial charge in [-0.05, 0) is 32.8 Å². The molecule has 0 bridgehead atoms. The van der Waals surface area contributed by atoms with E-state index in [4.69, 9.17) is 9.47 Å². The lowest BCUT2D eigenvalue weighted by Crippen LogP contribution is -2.28. The average molecular weight is 252 g/mol. The lowest BCUT2D eigenvalue weighted by molar-refractivity contribution is -0.116. The fourth-order valence-corrected chi connectivity index (χ4v) is 1.87. The molecular weight excluding hydrogens is 232 g/mol. The van der Waals surface area contributed by atoms with Gasteiger partial charge in [0.2, 0.25) is 11.5 Å². The molecule has 0 aromatic heterocycles. The predicted molar refractivity (Wildman–Crippen MR) is 68.8 cm³/mol. The van der Waals surface area contributed by atoms with E-state index in [1.807, 2.05) is 19.9 Å². The zero-order valence-electron chi connectivity index (χ0n) is 11.5. The zero-order valence-corrected chi connectivity index (χ0v) is 11.5. The number of carbonyl (C=O) groups is 1. The van der Waals surface area contributed by atoms with E-state index in [1.54, 1.807) is 6.92 Å². The van der Waals surface area contributed by atoms with Crippen molar-refractivity contribution in [2.24, 2.45) is 0 Å². The smallest absolute Gasteiger partial charge is 0.227 e. The maximum absolute atomic E-state index is 12.2. The Balaban J connectivity index is 3.17. The molecule has 0 aliphatic heterocycles. The standard InChI is InChI=1S/C14H20O4/c1-8(2)6-7-10-9(3)11(15)13(17-4)14(18-5)12(10)16/h6,11,15H,7H2,1-5H3. The van der Waals surface area contributed by atoms with E-state index in [-0.39, 0.29) is 17.3 Å². The monoisotopic (exact) mass is 252 g/mol. The number of methoxy groups -OCH3 is 2. The third-order valence-electron chi connectivity index (χ3n) is 2.98. The van der Waals surface area contributed by atoms with Crippen LogP contribution < -0.4 is 0 Å². The Kier molecular flexibility index (Phi) is 4.73. The Morgan fingerprint density at radius 2 is 1.94 bits per heavy atom. The lowest BCUT2D eigenvalue weighted by Gasteiger charge is -2.25. The van der Waals surface area contributed by atoms with Gasteiger partial charge in [0.25, 0.3) is 0 Å². The van der Waals surface area contributed by atoms with E-state index in [0.717, 1.165) is 5.57 Å². The van der Waals surface area contributed by atoms with Crippen molar-refractivity contribution in [1.29, 1.82) is 0 Å². The summed E-state index contributed by atoms with van der Waals surface area (Å²) in [5.74, 6) is 0.0587. The highest BCUT2D eigenvalue weighted by molar-refractivity contribution is 6.09. The number of ketones is 1. The molecule has 4 nitrogen and oxygen atoms in total. The molecule has 4 heteroatoms. The van der Waals surface area contributed by atoms with Crippen molar-refractivity contribution >= 4 is 5.78 Å². The molecule has 1 rings (SSSR count). The molecule has 0 radical (unpaired) electrons. The second-order valence-corrected chi connectivity index (χ2v) is 4.48. The van der Waals surface area contributed by atoms with Crippen molar-refractivity contribution in [3.8, 4) is 0 Å². The molecule has 0 amide bonds. The van der Waals surface area contributed by atoms with Gasteiger partial charge in [0.05, 0.1) is 14.2 Å². The Bertz CT molecular complexity index is 437. The fourth-order valence-electron chi connectivity index (χ4n) is 1.87. The number of hydrogen-bond donors (Lipinski definition) is 1. The SMILES string of the molecule is COC1=C(OC)C(O)C(C)=C(CC=C(C)C)C1=O. The first-order valence-corrected chi connectivity index (χ1v) is 5.81. The molecule has 0 spiro atoms. The number of allylic oxidation sites excluding steroid dienone is 3. The van der Waals surface area contributed by atoms with Crippen LogP contribution in [0, 0.1) is 0 Å². The summed E-state index contributed by atoms with van der Waals surface area (Å²) in [5, 5.41) is 10.1. The van der Waals surface area contributed by atoms with E-state index in [1.165, 1.54) is 14.2 Å². The van der Waals surface area contributed by atoms with Crippen LogP contribution in [0.4, 0.5) is 0 Å². The Hall–Kier alpha value is -1.55. The number of ether oxygens (including phenoxy) is 2. The number of aliphatic hydroxyl groups excluding tert-OH is 1. The van der Waals surface area contributed by atoms with Crippen molar-refractivity contribution in [3.63, 3.8) is 0 Å². The number of aliphatic hydroxyl groups is 1. The number of Topliss-reactive ketones (excluding diaryl/α,β-unsaturated/α-hetero) is 1. The summed E-state index contributed by atoms with van der Waals surface area (Å²) in [6.07, 6.45) is 1.53. The second-order valence-electron chi connectivity index (χ2n) is 4.48. The number of rotatable bonds is 4. The van der Waals surface area contributed by atoms with E-state index in [2.05, 4.69) is 0 Å². The van der Waals surface area contributed by atoms with Crippen LogP contribution in [0.15, 0.2) is 34.3 Å². The molecule has 1 aliphatic carbocycles. The number of carbonyl (C=O) groups excluding carboxylic acids is 1. The Labute approximate surface area is 108 Å². The highest BCUT2D eigenvalue weighted by Gasteiger charge is 2.34. The van der Waals surface area contributed by atoms with Gasteiger partial charge < -0.3 is 14.6 Å². The van der Waals surface area contributed by atoms with Crippen LogP contribution in [0.25, 0.3) is 0 Å². The van der Waals surface area contributed by atoms with Crippen molar-refractivity contribution in [3.05, 3.63) is 34.3 Å². The summed E-state index contributed by atoms with van der Waals surface area (Å²) in [6, 6.07) is 0. The van der Waals surface area contributed by atoms with Crippen molar-refractivity contribution in [1.82, 2.24) is 0 Å². The summed E-state index contributed by atoms with van der Waals surface area (Å²) in [5.41, 5.74) is 2.31. The highest BCUT2D eigenvalue weighted by atomic mass is 16.5. The maximum atomic E-state index is 12.2. The van der Waals surface area contributed by atoms with E-state index in [0.29, 0.717) is 17.6 Å². The minimum Gasteiger partial charge on any atom is -0.494 e. The normalized spacial score (nSPS) is 20.1. The first-order valence-electron chi connectivity index (χ1n) is 5.81. The zero-order chi connectivity index (χ0) is 13.9. The molecule has 1 aliphatic rings. The third-order valence-corrected chi connectivity index (χ3v) is 2.98. The molecule has 0 fully saturated rings. The first kappa shape index (κ1) is 14.5. The van der Waals surface area contributed by atoms with Gasteiger partial charge in [-0.2, -0.15) is 0 Å². The van der Waals surface area contributed by atoms with Crippen LogP contribution in [0.3, 0.4) is 0 Å². The Morgan fingerprint density at radius 3 is 2.39 bits per heavy atom. The van der Waals surface area contributed by atoms with Crippen molar-refractivity contribution < 1.29 is 19.4 Å². The fraction of sp³-hybridized carbons (Fsp3) is 0.500. The molecule has 1 unspecified atom stereocenters. The van der Waals surface area contributed by atoms with Gasteiger partial charge in [-0.15, -0.1) is 0 Å². The van der Waals surface area contributed by atoms with Gasteiger partial charge in [-0.3, -0.25) is 4.79 Å². The molecular formula is C14H20O4. The second kappa shape index (κ2) is 5.87. The van der Waals surface area contributed by atoms with Crippen LogP contribution >= 0.6 is 0 Å². The predicted octanol–water partition coefficient (Wildman–Crippen LogP) is 2.11. The van der Waals surface area contributed by atoms with Gasteiger partial charge in [0.15, 0.2) is 5.76 Å². The molecule has 1 atom stereocenters. The minimum atomic E-state index is -0.914. The summed E-state index contributed by atoms with van der Waals surface area (Å²) < 4.78 is 10.1. The maximum Gasteiger partial charge on any atom is 0.227 e. The third kappa shape index (κ3) is 2.64. The van der Waals surface area contributed by atoms with Crippen molar-refractivity contribution in [2.45, 2.75) is 33.3 Å². The lowest BCUT2D eigenvalue weighted by atomic mass is 9.89. The molecule has 18 heavy (non-hydrogen) atoms. The minimum absolute atomic E-state index is 0.0905. The molecule has 0 aromatic rings.